The second kappa shape index (κ2) is 4.24. The van der Waals surface area contributed by atoms with Crippen LogP contribution in [0, 0.1) is 0 Å². The second-order valence-corrected chi connectivity index (χ2v) is 2.34. The first kappa shape index (κ1) is 8.41. The van der Waals surface area contributed by atoms with Crippen LogP contribution in [0.1, 0.15) is 5.56 Å². The van der Waals surface area contributed by atoms with Crippen LogP contribution in [0.5, 0.6) is 5.75 Å². The van der Waals surface area contributed by atoms with Crippen molar-refractivity contribution in [3.8, 4) is 5.75 Å². The van der Waals surface area contributed by atoms with Crippen molar-refractivity contribution in [2.45, 2.75) is 6.54 Å². The standard InChI is InChI=1S/C7H8N2O.Cr/c8-9-5-6-3-1-2-4-7(6)10;/h1-4,9-10H,5H2;. The fourth-order valence-electron chi connectivity index (χ4n) is 0.778. The topological polar surface area (TPSA) is 44.6 Å². The van der Waals surface area contributed by atoms with E-state index in [1.54, 1.807) is 12.1 Å². The Bertz CT molecular complexity index is 252. The van der Waals surface area contributed by atoms with Crippen molar-refractivity contribution in [3.63, 3.8) is 0 Å². The van der Waals surface area contributed by atoms with E-state index < -0.39 is 0 Å². The Morgan fingerprint density at radius 1 is 1.45 bits per heavy atom. The van der Waals surface area contributed by atoms with Gasteiger partial charge in [0.25, 0.3) is 0 Å². The van der Waals surface area contributed by atoms with E-state index in [-0.39, 0.29) is 0 Å². The Kier molecular flexibility index (Phi) is 3.24. The number of phenols is 1. The molecule has 0 aliphatic rings. The molecule has 0 spiro atoms. The number of nitrogens with zero attached hydrogens (tertiary/aromatic N) is 1. The van der Waals surface area contributed by atoms with Gasteiger partial charge in [0.15, 0.2) is 0 Å². The van der Waals surface area contributed by atoms with Crippen LogP contribution in [-0.4, -0.2) is 5.11 Å². The van der Waals surface area contributed by atoms with Gasteiger partial charge in [0, 0.05) is 0 Å². The SMILES string of the molecule is Oc1ccccc1CN[N]=[Cr]. The summed E-state index contributed by atoms with van der Waals surface area (Å²) in [5.74, 6) is 0.295. The maximum absolute atomic E-state index is 9.25. The molecule has 0 amide bonds. The van der Waals surface area contributed by atoms with Crippen LogP contribution < -0.4 is 5.43 Å². The van der Waals surface area contributed by atoms with Crippen LogP contribution in [0.4, 0.5) is 0 Å². The molecule has 3 nitrogen and oxygen atoms in total. The van der Waals surface area contributed by atoms with E-state index in [1.165, 1.54) is 0 Å². The van der Waals surface area contributed by atoms with Crippen molar-refractivity contribution in [3.05, 3.63) is 29.8 Å². The first-order chi connectivity index (χ1) is 5.34. The van der Waals surface area contributed by atoms with Gasteiger partial charge in [-0.2, -0.15) is 0 Å². The Hall–Kier alpha value is -0.688. The minimum absolute atomic E-state index is 0.295. The van der Waals surface area contributed by atoms with Gasteiger partial charge in [-0.25, -0.2) is 0 Å². The molecule has 1 aromatic carbocycles. The fourth-order valence-corrected chi connectivity index (χ4v) is 0.879. The summed E-state index contributed by atoms with van der Waals surface area (Å²) >= 11 is 2.46. The first-order valence-corrected chi connectivity index (χ1v) is 3.73. The summed E-state index contributed by atoms with van der Waals surface area (Å²) in [5.41, 5.74) is 3.55. The summed E-state index contributed by atoms with van der Waals surface area (Å²) in [6, 6.07) is 7.15. The fraction of sp³-hybridized carbons (Fsp3) is 0.143. The summed E-state index contributed by atoms with van der Waals surface area (Å²) in [6.45, 7) is 0.541. The number of hydrogen-bond acceptors (Lipinski definition) is 3. The van der Waals surface area contributed by atoms with E-state index in [0.717, 1.165) is 5.56 Å². The van der Waals surface area contributed by atoms with Crippen molar-refractivity contribution in [2.75, 3.05) is 0 Å². The van der Waals surface area contributed by atoms with Gasteiger partial charge in [0.05, 0.1) is 0 Å². The Morgan fingerprint density at radius 2 is 2.18 bits per heavy atom. The van der Waals surface area contributed by atoms with Crippen LogP contribution in [0.25, 0.3) is 0 Å². The number of hydrogen-bond donors (Lipinski definition) is 2. The average molecular weight is 188 g/mol. The zero-order chi connectivity index (χ0) is 8.10. The van der Waals surface area contributed by atoms with Crippen LogP contribution in [0.15, 0.2) is 28.3 Å². The van der Waals surface area contributed by atoms with Crippen molar-refractivity contribution in [1.29, 1.82) is 0 Å². The van der Waals surface area contributed by atoms with E-state index in [2.05, 4.69) is 25.6 Å². The third kappa shape index (κ3) is 2.43. The van der Waals surface area contributed by atoms with Gasteiger partial charge in [-0.05, 0) is 0 Å². The zero-order valence-corrected chi connectivity index (χ0v) is 7.09. The van der Waals surface area contributed by atoms with Gasteiger partial charge < -0.3 is 0 Å². The van der Waals surface area contributed by atoms with Crippen molar-refractivity contribution in [1.82, 2.24) is 5.43 Å². The third-order valence-electron chi connectivity index (χ3n) is 1.33. The van der Waals surface area contributed by atoms with Gasteiger partial charge in [-0.1, -0.05) is 0 Å². The summed E-state index contributed by atoms with van der Waals surface area (Å²) in [6.07, 6.45) is 0. The molecular formula is C7H8CrN2O. The van der Waals surface area contributed by atoms with E-state index in [0.29, 0.717) is 12.3 Å². The van der Waals surface area contributed by atoms with Gasteiger partial charge in [-0.3, -0.25) is 0 Å². The molecule has 0 aromatic heterocycles. The summed E-state index contributed by atoms with van der Waals surface area (Å²) < 4.78 is 3.59. The molecule has 58 valence electrons. The monoisotopic (exact) mass is 188 g/mol. The molecule has 1 rings (SSSR count). The number of benzene rings is 1. The second-order valence-electron chi connectivity index (χ2n) is 2.05. The Balaban J connectivity index is 2.69. The first-order valence-electron chi connectivity index (χ1n) is 3.16. The molecule has 4 heteroatoms. The Labute approximate surface area is 73.3 Å². The molecule has 0 heterocycles. The molecule has 0 aliphatic heterocycles. The van der Waals surface area contributed by atoms with Gasteiger partial charge in [0.2, 0.25) is 0 Å². The Morgan fingerprint density at radius 3 is 2.82 bits per heavy atom. The van der Waals surface area contributed by atoms with Gasteiger partial charge in [-0.15, -0.1) is 0 Å². The van der Waals surface area contributed by atoms with E-state index in [9.17, 15) is 5.11 Å². The van der Waals surface area contributed by atoms with Crippen LogP contribution in [0.2, 0.25) is 0 Å². The van der Waals surface area contributed by atoms with Gasteiger partial charge in [0.1, 0.15) is 0 Å². The van der Waals surface area contributed by atoms with Crippen molar-refractivity contribution >= 4 is 0 Å². The number of aromatic hydroxyl groups is 1. The average Bonchev–Trinajstić information content (AvgIpc) is 2.03. The maximum atomic E-state index is 9.25. The molecule has 0 fully saturated rings. The molecule has 0 saturated heterocycles. The molecular weight excluding hydrogens is 180 g/mol. The third-order valence-corrected chi connectivity index (χ3v) is 1.53. The van der Waals surface area contributed by atoms with Gasteiger partial charge >= 0.3 is 72.8 Å². The zero-order valence-electron chi connectivity index (χ0n) is 5.82. The molecule has 1 aromatic rings. The number of nitrogens with one attached hydrogen (secondary N) is 1. The molecule has 0 aliphatic carbocycles. The molecule has 11 heavy (non-hydrogen) atoms. The quantitative estimate of drug-likeness (QED) is 0.698. The number of rotatable bonds is 3. The summed E-state index contributed by atoms with van der Waals surface area (Å²) in [4.78, 5) is 0. The van der Waals surface area contributed by atoms with Crippen LogP contribution >= 0.6 is 0 Å². The molecule has 0 unspecified atom stereocenters. The predicted molar refractivity (Wildman–Crippen MR) is 37.4 cm³/mol. The van der Waals surface area contributed by atoms with E-state index in [4.69, 9.17) is 0 Å². The molecule has 0 atom stereocenters. The summed E-state index contributed by atoms with van der Waals surface area (Å²) in [7, 11) is 0. The number of phenolic OH excluding ortho intramolecular Hbond substituents is 1. The van der Waals surface area contributed by atoms with Crippen molar-refractivity contribution in [2.24, 2.45) is 4.04 Å². The molecule has 0 saturated carbocycles. The van der Waals surface area contributed by atoms with Crippen molar-refractivity contribution < 1.29 is 21.2 Å². The van der Waals surface area contributed by atoms with E-state index in [1.807, 2.05) is 12.1 Å². The van der Waals surface area contributed by atoms with Crippen LogP contribution in [-0.2, 0) is 22.6 Å². The molecule has 0 radical (unpaired) electrons. The minimum atomic E-state index is 0.295. The molecule has 2 N–H and O–H groups in total. The molecule has 0 bridgehead atoms. The van der Waals surface area contributed by atoms with E-state index >= 15 is 0 Å². The normalized spacial score (nSPS) is 9.45. The number of para-hydroxylation sites is 1. The van der Waals surface area contributed by atoms with Crippen LogP contribution in [0.3, 0.4) is 0 Å². The predicted octanol–water partition coefficient (Wildman–Crippen LogP) is 1.13. The summed E-state index contributed by atoms with van der Waals surface area (Å²) in [5, 5.41) is 9.25.